The fourth-order valence-corrected chi connectivity index (χ4v) is 2.99. The second kappa shape index (κ2) is 8.58. The summed E-state index contributed by atoms with van der Waals surface area (Å²) >= 11 is 0. The van der Waals surface area contributed by atoms with E-state index in [1.807, 2.05) is 24.3 Å². The molecule has 6 heteroatoms. The normalized spacial score (nSPS) is 16.4. The minimum atomic E-state index is 0.0900. The summed E-state index contributed by atoms with van der Waals surface area (Å²) in [5.74, 6) is 1.17. The van der Waals surface area contributed by atoms with Gasteiger partial charge in [0.05, 0.1) is 6.54 Å². The third kappa shape index (κ3) is 5.00. The van der Waals surface area contributed by atoms with Crippen LogP contribution in [-0.4, -0.2) is 60.0 Å². The third-order valence-electron chi connectivity index (χ3n) is 4.55. The summed E-state index contributed by atoms with van der Waals surface area (Å²) < 4.78 is 0. The molecule has 3 rings (SSSR count). The number of hydrogen-bond donors (Lipinski definition) is 1. The van der Waals surface area contributed by atoms with Gasteiger partial charge in [-0.2, -0.15) is 0 Å². The molecule has 6 nitrogen and oxygen atoms in total. The highest BCUT2D eigenvalue weighted by Crippen LogP contribution is 2.13. The van der Waals surface area contributed by atoms with Gasteiger partial charge < -0.3 is 10.2 Å². The maximum Gasteiger partial charge on any atom is 0.234 e. The molecule has 0 bridgehead atoms. The van der Waals surface area contributed by atoms with Crippen molar-refractivity contribution in [2.45, 2.75) is 12.8 Å². The van der Waals surface area contributed by atoms with Crippen molar-refractivity contribution in [2.24, 2.45) is 0 Å². The van der Waals surface area contributed by atoms with Crippen LogP contribution in [0.4, 0.5) is 5.95 Å². The first kappa shape index (κ1) is 17.4. The number of nitrogens with one attached hydrogen (secondary N) is 1. The van der Waals surface area contributed by atoms with Crippen LogP contribution in [0, 0.1) is 0 Å². The Morgan fingerprint density at radius 2 is 1.76 bits per heavy atom. The highest BCUT2D eigenvalue weighted by atomic mass is 16.2. The van der Waals surface area contributed by atoms with E-state index < -0.39 is 0 Å². The Morgan fingerprint density at radius 1 is 1.08 bits per heavy atom. The molecule has 0 saturated carbocycles. The number of nitrogens with zero attached hydrogens (tertiary/aromatic N) is 4. The summed E-state index contributed by atoms with van der Waals surface area (Å²) in [6, 6.07) is 12.1. The van der Waals surface area contributed by atoms with Gasteiger partial charge in [-0.25, -0.2) is 9.97 Å². The van der Waals surface area contributed by atoms with Gasteiger partial charge in [0.1, 0.15) is 0 Å². The van der Waals surface area contributed by atoms with Crippen molar-refractivity contribution in [1.29, 1.82) is 0 Å². The Morgan fingerprint density at radius 3 is 2.44 bits per heavy atom. The molecule has 0 aliphatic carbocycles. The zero-order valence-electron chi connectivity index (χ0n) is 14.6. The van der Waals surface area contributed by atoms with Crippen LogP contribution in [0.25, 0.3) is 0 Å². The molecule has 25 heavy (non-hydrogen) atoms. The van der Waals surface area contributed by atoms with Gasteiger partial charge in [-0.1, -0.05) is 37.3 Å². The Labute approximate surface area is 148 Å². The van der Waals surface area contributed by atoms with Gasteiger partial charge in [-0.3, -0.25) is 9.69 Å². The van der Waals surface area contributed by atoms with Gasteiger partial charge >= 0.3 is 0 Å². The number of amides is 1. The summed E-state index contributed by atoms with van der Waals surface area (Å²) in [6.45, 7) is 6.63. The zero-order valence-corrected chi connectivity index (χ0v) is 14.6. The Kier molecular flexibility index (Phi) is 5.95. The van der Waals surface area contributed by atoms with E-state index in [4.69, 9.17) is 0 Å². The highest BCUT2D eigenvalue weighted by molar-refractivity contribution is 5.78. The topological polar surface area (TPSA) is 61.4 Å². The van der Waals surface area contributed by atoms with Gasteiger partial charge in [0.15, 0.2) is 0 Å². The molecular weight excluding hydrogens is 314 g/mol. The van der Waals surface area contributed by atoms with E-state index in [1.54, 1.807) is 12.4 Å². The van der Waals surface area contributed by atoms with Crippen LogP contribution in [0.3, 0.4) is 0 Å². The molecule has 1 aliphatic heterocycles. The lowest BCUT2D eigenvalue weighted by Crippen LogP contribution is -2.50. The van der Waals surface area contributed by atoms with Crippen molar-refractivity contribution in [1.82, 2.24) is 20.2 Å². The molecular formula is C19H25N5O. The molecule has 0 radical (unpaired) electrons. The molecule has 1 N–H and O–H groups in total. The van der Waals surface area contributed by atoms with Crippen LogP contribution >= 0.6 is 0 Å². The van der Waals surface area contributed by atoms with Crippen LogP contribution in [-0.2, 0) is 4.79 Å². The summed E-state index contributed by atoms with van der Waals surface area (Å²) in [4.78, 5) is 25.1. The number of hydrogen-bond acceptors (Lipinski definition) is 5. The first-order valence-corrected chi connectivity index (χ1v) is 8.78. The third-order valence-corrected chi connectivity index (χ3v) is 4.55. The molecule has 2 heterocycles. The van der Waals surface area contributed by atoms with Gasteiger partial charge in [0.2, 0.25) is 11.9 Å². The lowest BCUT2D eigenvalue weighted by Gasteiger charge is -2.34. The number of carbonyl (C=O) groups excluding carboxylic acids is 1. The average Bonchev–Trinajstić information content (AvgIpc) is 2.68. The number of anilines is 1. The Bertz CT molecular complexity index is 656. The van der Waals surface area contributed by atoms with E-state index in [0.717, 1.165) is 32.1 Å². The molecule has 132 valence electrons. The quantitative estimate of drug-likeness (QED) is 0.865. The van der Waals surface area contributed by atoms with Gasteiger partial charge in [-0.15, -0.1) is 0 Å². The summed E-state index contributed by atoms with van der Waals surface area (Å²) in [6.07, 6.45) is 3.52. The van der Waals surface area contributed by atoms with E-state index in [2.05, 4.69) is 44.1 Å². The molecule has 1 atom stereocenters. The first-order chi connectivity index (χ1) is 12.2. The number of rotatable bonds is 6. The fraction of sp³-hybridized carbons (Fsp3) is 0.421. The van der Waals surface area contributed by atoms with Crippen molar-refractivity contribution in [3.8, 4) is 0 Å². The zero-order chi connectivity index (χ0) is 17.5. The second-order valence-corrected chi connectivity index (χ2v) is 6.43. The van der Waals surface area contributed by atoms with Gasteiger partial charge in [0.25, 0.3) is 0 Å². The number of aromatic nitrogens is 2. The first-order valence-electron chi connectivity index (χ1n) is 8.78. The predicted octanol–water partition coefficient (Wildman–Crippen LogP) is 1.52. The smallest absolute Gasteiger partial charge is 0.234 e. The van der Waals surface area contributed by atoms with Crippen molar-refractivity contribution in [3.05, 3.63) is 54.4 Å². The van der Waals surface area contributed by atoms with E-state index in [1.165, 1.54) is 5.56 Å². The average molecular weight is 339 g/mol. The predicted molar refractivity (Wildman–Crippen MR) is 98.6 cm³/mol. The lowest BCUT2D eigenvalue weighted by atomic mass is 10.0. The van der Waals surface area contributed by atoms with Crippen LogP contribution in [0.1, 0.15) is 18.4 Å². The molecule has 0 unspecified atom stereocenters. The van der Waals surface area contributed by atoms with Crippen molar-refractivity contribution in [3.63, 3.8) is 0 Å². The van der Waals surface area contributed by atoms with Crippen LogP contribution in [0.2, 0.25) is 0 Å². The van der Waals surface area contributed by atoms with E-state index >= 15 is 0 Å². The molecule has 1 aliphatic rings. The molecule has 1 fully saturated rings. The molecule has 1 saturated heterocycles. The Balaban J connectivity index is 1.39. The number of piperazine rings is 1. The molecule has 1 aromatic heterocycles. The summed E-state index contributed by atoms with van der Waals surface area (Å²) in [5.41, 5.74) is 1.25. The highest BCUT2D eigenvalue weighted by Gasteiger charge is 2.20. The summed E-state index contributed by atoms with van der Waals surface area (Å²) in [7, 11) is 0. The van der Waals surface area contributed by atoms with Crippen LogP contribution in [0.15, 0.2) is 48.8 Å². The molecule has 1 aromatic carbocycles. The maximum atomic E-state index is 12.2. The van der Waals surface area contributed by atoms with E-state index in [9.17, 15) is 4.79 Å². The SMILES string of the molecule is C[C@@H](CNC(=O)CN1CCN(c2ncccn2)CC1)c1ccccc1. The molecule has 0 spiro atoms. The van der Waals surface area contributed by atoms with Gasteiger partial charge in [0, 0.05) is 45.1 Å². The number of carbonyl (C=O) groups is 1. The summed E-state index contributed by atoms with van der Waals surface area (Å²) in [5, 5.41) is 3.05. The van der Waals surface area contributed by atoms with Crippen LogP contribution < -0.4 is 10.2 Å². The molecule has 2 aromatic rings. The van der Waals surface area contributed by atoms with E-state index in [-0.39, 0.29) is 5.91 Å². The van der Waals surface area contributed by atoms with Crippen LogP contribution in [0.5, 0.6) is 0 Å². The largest absolute Gasteiger partial charge is 0.354 e. The minimum absolute atomic E-state index is 0.0900. The van der Waals surface area contributed by atoms with Crippen molar-refractivity contribution < 1.29 is 4.79 Å². The number of benzene rings is 1. The van der Waals surface area contributed by atoms with Gasteiger partial charge in [-0.05, 0) is 17.5 Å². The monoisotopic (exact) mass is 339 g/mol. The molecule has 1 amide bonds. The van der Waals surface area contributed by atoms with E-state index in [0.29, 0.717) is 19.0 Å². The minimum Gasteiger partial charge on any atom is -0.354 e. The van der Waals surface area contributed by atoms with Crippen molar-refractivity contribution in [2.75, 3.05) is 44.2 Å². The second-order valence-electron chi connectivity index (χ2n) is 6.43. The Hall–Kier alpha value is -2.47. The fourth-order valence-electron chi connectivity index (χ4n) is 2.99. The lowest BCUT2D eigenvalue weighted by molar-refractivity contribution is -0.122. The maximum absolute atomic E-state index is 12.2. The standard InChI is InChI=1S/C19H25N5O/c1-16(17-6-3-2-4-7-17)14-22-18(25)15-23-10-12-24(13-11-23)19-20-8-5-9-21-19/h2-9,16H,10-15H2,1H3,(H,22,25)/t16-/m0/s1. The van der Waals surface area contributed by atoms with Crippen molar-refractivity contribution >= 4 is 11.9 Å².